The lowest BCUT2D eigenvalue weighted by molar-refractivity contribution is -0.366. The number of nitrogens with zero attached hydrogens (tertiary/aromatic N) is 1. The first-order valence-corrected chi connectivity index (χ1v) is 15.9. The summed E-state index contributed by atoms with van der Waals surface area (Å²) in [5, 5.41) is 62.6. The van der Waals surface area contributed by atoms with Crippen LogP contribution in [0.2, 0.25) is 0 Å². The maximum atomic E-state index is 12.5. The molecule has 4 rings (SSSR count). The summed E-state index contributed by atoms with van der Waals surface area (Å²) >= 11 is 0. The summed E-state index contributed by atoms with van der Waals surface area (Å²) in [5.74, 6) is -1.30. The van der Waals surface area contributed by atoms with Crippen molar-refractivity contribution in [3.63, 3.8) is 0 Å². The van der Waals surface area contributed by atoms with E-state index in [9.17, 15) is 44.8 Å². The van der Waals surface area contributed by atoms with Crippen LogP contribution in [0.25, 0.3) is 0 Å². The van der Waals surface area contributed by atoms with Crippen LogP contribution in [0.15, 0.2) is 24.3 Å². The monoisotopic (exact) mass is 605 g/mol. The Morgan fingerprint density at radius 3 is 2.00 bits per heavy atom. The third kappa shape index (κ3) is 7.04. The van der Waals surface area contributed by atoms with Crippen LogP contribution in [0, 0.1) is 0 Å². The van der Waals surface area contributed by atoms with Crippen LogP contribution in [-0.2, 0) is 28.4 Å². The van der Waals surface area contributed by atoms with Gasteiger partial charge in [-0.3, -0.25) is 14.4 Å². The van der Waals surface area contributed by atoms with Crippen LogP contribution >= 0.6 is 7.14 Å². The van der Waals surface area contributed by atoms with Gasteiger partial charge in [-0.2, -0.15) is 0 Å². The topological polar surface area (TPSA) is 222 Å². The molecule has 10 atom stereocenters. The van der Waals surface area contributed by atoms with Crippen LogP contribution in [0.5, 0.6) is 0 Å². The highest BCUT2D eigenvalue weighted by Gasteiger charge is 2.51. The minimum Gasteiger partial charge on any atom is -0.394 e. The first-order chi connectivity index (χ1) is 19.3. The molecular weight excluding hydrogens is 569 g/mol. The van der Waals surface area contributed by atoms with Gasteiger partial charge < -0.3 is 54.2 Å². The van der Waals surface area contributed by atoms with Gasteiger partial charge in [0.1, 0.15) is 42.7 Å². The van der Waals surface area contributed by atoms with Crippen LogP contribution in [0.1, 0.15) is 27.1 Å². The summed E-state index contributed by atoms with van der Waals surface area (Å²) < 4.78 is 34.7. The molecule has 1 aromatic rings. The second-order valence-corrected chi connectivity index (χ2v) is 14.2. The van der Waals surface area contributed by atoms with Gasteiger partial charge in [-0.05, 0) is 31.9 Å². The average Bonchev–Trinajstić information content (AvgIpc) is 3.18. The molecular formula is C25H36NO14P. The molecule has 41 heavy (non-hydrogen) atoms. The smallest absolute Gasteiger partial charge is 0.285 e. The van der Waals surface area contributed by atoms with E-state index in [4.69, 9.17) is 23.8 Å². The van der Waals surface area contributed by atoms with Crippen molar-refractivity contribution in [2.45, 2.75) is 67.8 Å². The fraction of sp³-hybridized carbons (Fsp3) is 0.680. The Balaban J connectivity index is 1.40. The molecule has 2 saturated heterocycles. The Kier molecular flexibility index (Phi) is 10.3. The van der Waals surface area contributed by atoms with Crippen molar-refractivity contribution in [1.29, 1.82) is 0 Å². The van der Waals surface area contributed by atoms with Crippen LogP contribution in [0.4, 0.5) is 0 Å². The summed E-state index contributed by atoms with van der Waals surface area (Å²) in [6, 6.07) is 6.19. The number of hydroxylamine groups is 2. The summed E-state index contributed by atoms with van der Waals surface area (Å²) in [6.45, 7) is 1.76. The van der Waals surface area contributed by atoms with E-state index in [2.05, 4.69) is 0 Å². The maximum absolute atomic E-state index is 12.5. The van der Waals surface area contributed by atoms with Crippen molar-refractivity contribution < 1.29 is 68.6 Å². The fourth-order valence-electron chi connectivity index (χ4n) is 4.77. The summed E-state index contributed by atoms with van der Waals surface area (Å²) in [6.07, 6.45) is -15.1. The number of aliphatic hydroxyl groups excluding tert-OH is 6. The Labute approximate surface area is 235 Å². The van der Waals surface area contributed by atoms with E-state index in [0.717, 1.165) is 0 Å². The molecule has 3 heterocycles. The molecule has 3 aliphatic heterocycles. The summed E-state index contributed by atoms with van der Waals surface area (Å²) in [7, 11) is -2.51. The molecule has 1 aromatic carbocycles. The van der Waals surface area contributed by atoms with Gasteiger partial charge in [0, 0.05) is 6.16 Å². The van der Waals surface area contributed by atoms with Gasteiger partial charge in [-0.1, -0.05) is 12.1 Å². The molecule has 16 heteroatoms. The molecule has 15 nitrogen and oxygen atoms in total. The highest BCUT2D eigenvalue weighted by Crippen LogP contribution is 2.39. The molecule has 0 spiro atoms. The standard InChI is InChI=1S/C25H36NO14P/c1-41(2,35)10-7-14-16(28)18(30)20(32)24(38-14)40-21-19(31)17(29)15(11-27)39-25(21)36-8-9-37-26-22(33)12-5-3-4-6-13(12)23(26)34/h3-6,14-21,24-25,27-32H,7-11H2,1-2H3/t14?,15?,16-,17-,18+,19+,20?,21?,24-,25+/m1/s1. The molecule has 2 amide bonds. The van der Waals surface area contributed by atoms with Crippen LogP contribution < -0.4 is 0 Å². The maximum Gasteiger partial charge on any atom is 0.285 e. The third-order valence-electron chi connectivity index (χ3n) is 7.08. The number of rotatable bonds is 11. The average molecular weight is 606 g/mol. The van der Waals surface area contributed by atoms with E-state index in [1.54, 1.807) is 25.5 Å². The minimum absolute atomic E-state index is 0.0725. The zero-order valence-electron chi connectivity index (χ0n) is 22.5. The lowest BCUT2D eigenvalue weighted by Crippen LogP contribution is -2.64. The zero-order chi connectivity index (χ0) is 30.1. The molecule has 2 fully saturated rings. The third-order valence-corrected chi connectivity index (χ3v) is 8.41. The normalized spacial score (nSPS) is 36.0. The molecule has 3 aliphatic rings. The Morgan fingerprint density at radius 2 is 1.41 bits per heavy atom. The van der Waals surface area contributed by atoms with E-state index in [-0.39, 0.29) is 36.9 Å². The Hall–Kier alpha value is -1.85. The van der Waals surface area contributed by atoms with Crippen molar-refractivity contribution in [1.82, 2.24) is 5.06 Å². The zero-order valence-corrected chi connectivity index (χ0v) is 23.4. The molecule has 4 unspecified atom stereocenters. The molecule has 0 bridgehead atoms. The van der Waals surface area contributed by atoms with Crippen molar-refractivity contribution in [2.24, 2.45) is 0 Å². The summed E-state index contributed by atoms with van der Waals surface area (Å²) in [5.41, 5.74) is 0.366. The predicted octanol–water partition coefficient (Wildman–Crippen LogP) is -2.12. The number of carbonyl (C=O) groups excluding carboxylic acids is 2. The lowest BCUT2D eigenvalue weighted by atomic mass is 9.96. The quantitative estimate of drug-likeness (QED) is 0.0902. The van der Waals surface area contributed by atoms with Gasteiger partial charge >= 0.3 is 0 Å². The largest absolute Gasteiger partial charge is 0.394 e. The molecule has 230 valence electrons. The van der Waals surface area contributed by atoms with Gasteiger partial charge in [-0.25, -0.2) is 0 Å². The number of ether oxygens (including phenoxy) is 4. The number of hydrogen-bond donors (Lipinski definition) is 6. The minimum atomic E-state index is -2.51. The van der Waals surface area contributed by atoms with Crippen molar-refractivity contribution in [3.8, 4) is 0 Å². The first kappa shape index (κ1) is 32.1. The highest BCUT2D eigenvalue weighted by atomic mass is 31.2. The Morgan fingerprint density at radius 1 is 0.829 bits per heavy atom. The number of benzene rings is 1. The number of fused-ring (bicyclic) bond motifs is 1. The number of hydrogen-bond acceptors (Lipinski definition) is 14. The van der Waals surface area contributed by atoms with Gasteiger partial charge in [0.25, 0.3) is 11.8 Å². The molecule has 0 aliphatic carbocycles. The fourth-order valence-corrected chi connectivity index (χ4v) is 5.65. The lowest BCUT2D eigenvalue weighted by Gasteiger charge is -2.46. The number of imide groups is 1. The van der Waals surface area contributed by atoms with Gasteiger partial charge in [0.15, 0.2) is 12.6 Å². The Bertz CT molecular complexity index is 1100. The highest BCUT2D eigenvalue weighted by molar-refractivity contribution is 7.62. The molecule has 0 aromatic heterocycles. The molecule has 0 saturated carbocycles. The van der Waals surface area contributed by atoms with Crippen LogP contribution in [-0.4, -0.2) is 148 Å². The van der Waals surface area contributed by atoms with Crippen LogP contribution in [0.3, 0.4) is 0 Å². The predicted molar refractivity (Wildman–Crippen MR) is 137 cm³/mol. The van der Waals surface area contributed by atoms with E-state index in [1.165, 1.54) is 12.1 Å². The van der Waals surface area contributed by atoms with Crippen molar-refractivity contribution >= 4 is 19.0 Å². The summed E-state index contributed by atoms with van der Waals surface area (Å²) in [4.78, 5) is 30.2. The van der Waals surface area contributed by atoms with E-state index in [0.29, 0.717) is 5.06 Å². The SMILES string of the molecule is CP(C)(=O)CCC1O[C@H](OC2[C@@H](OCCON3C(=O)c4ccccc4C3=O)OC(CO)[C@@H](O)[C@@H]2O)C(O)[C@@H](O)[C@@H]1O. The number of aliphatic hydroxyl groups is 6. The second kappa shape index (κ2) is 13.2. The van der Waals surface area contributed by atoms with E-state index in [1.807, 2.05) is 0 Å². The van der Waals surface area contributed by atoms with Crippen molar-refractivity contribution in [3.05, 3.63) is 35.4 Å². The molecule has 6 N–H and O–H groups in total. The molecule has 0 radical (unpaired) electrons. The van der Waals surface area contributed by atoms with Gasteiger partial charge in [-0.15, -0.1) is 5.06 Å². The first-order valence-electron chi connectivity index (χ1n) is 13.1. The number of amides is 2. The number of carbonyl (C=O) groups is 2. The second-order valence-electron chi connectivity index (χ2n) is 10.6. The van der Waals surface area contributed by atoms with E-state index >= 15 is 0 Å². The van der Waals surface area contributed by atoms with Gasteiger partial charge in [0.2, 0.25) is 0 Å². The van der Waals surface area contributed by atoms with E-state index < -0.39 is 87.0 Å². The van der Waals surface area contributed by atoms with Crippen molar-refractivity contribution in [2.75, 3.05) is 39.3 Å². The van der Waals surface area contributed by atoms with Gasteiger partial charge in [0.05, 0.1) is 44.2 Å².